The van der Waals surface area contributed by atoms with Gasteiger partial charge in [0.15, 0.2) is 5.16 Å². The van der Waals surface area contributed by atoms with Crippen molar-refractivity contribution in [3.63, 3.8) is 0 Å². The molecule has 4 rings (SSSR count). The fourth-order valence-electron chi connectivity index (χ4n) is 3.86. The number of benzene rings is 1. The summed E-state index contributed by atoms with van der Waals surface area (Å²) in [5, 5.41) is 4.97. The topological polar surface area (TPSA) is 77.2 Å². The molecule has 1 amide bonds. The monoisotopic (exact) mass is 534 g/mol. The maximum Gasteiger partial charge on any atom is 0.238 e. The first-order chi connectivity index (χ1) is 16.1. The minimum atomic E-state index is 0. The minimum Gasteiger partial charge on any atom is -0.333 e. The van der Waals surface area contributed by atoms with Crippen molar-refractivity contribution in [2.45, 2.75) is 36.9 Å². The molecular weight excluding hydrogens is 497 g/mol. The quantitative estimate of drug-likeness (QED) is 0.357. The average Bonchev–Trinajstić information content (AvgIpc) is 3.23. The van der Waals surface area contributed by atoms with Crippen LogP contribution < -0.4 is 5.32 Å². The fraction of sp³-hybridized carbons (Fsp3) is 0.480. The SMILES string of the molecule is C.C.CSc1cc(C)nc(SC)c1NC(=O)CN1CCN(CCSc2nc3ccccc3[nH]2)CC1. The molecule has 1 aliphatic rings. The van der Waals surface area contributed by atoms with Crippen molar-refractivity contribution in [1.29, 1.82) is 0 Å². The molecule has 3 aromatic rings. The first-order valence-electron chi connectivity index (χ1n) is 11.0. The van der Waals surface area contributed by atoms with Gasteiger partial charge in [-0.1, -0.05) is 38.7 Å². The van der Waals surface area contributed by atoms with Crippen LogP contribution in [0.15, 0.2) is 45.4 Å². The van der Waals surface area contributed by atoms with Gasteiger partial charge in [0, 0.05) is 49.1 Å². The van der Waals surface area contributed by atoms with Crippen LogP contribution in [0.25, 0.3) is 11.0 Å². The molecule has 0 saturated carbocycles. The number of amides is 1. The Hall–Kier alpha value is -1.72. The summed E-state index contributed by atoms with van der Waals surface area (Å²) >= 11 is 4.97. The summed E-state index contributed by atoms with van der Waals surface area (Å²) in [5.74, 6) is 1.02. The van der Waals surface area contributed by atoms with E-state index in [-0.39, 0.29) is 20.8 Å². The fourth-order valence-corrected chi connectivity index (χ4v) is 6.05. The predicted molar refractivity (Wildman–Crippen MR) is 154 cm³/mol. The van der Waals surface area contributed by atoms with Crippen LogP contribution in [0.4, 0.5) is 5.69 Å². The Morgan fingerprint density at radius 1 is 1.06 bits per heavy atom. The van der Waals surface area contributed by atoms with Crippen LogP contribution in [0, 0.1) is 6.92 Å². The van der Waals surface area contributed by atoms with Gasteiger partial charge in [0.25, 0.3) is 0 Å². The lowest BCUT2D eigenvalue weighted by molar-refractivity contribution is -0.117. The van der Waals surface area contributed by atoms with Gasteiger partial charge in [-0.05, 0) is 37.6 Å². The van der Waals surface area contributed by atoms with Gasteiger partial charge < -0.3 is 10.3 Å². The van der Waals surface area contributed by atoms with Crippen LogP contribution >= 0.6 is 35.3 Å². The molecule has 3 heterocycles. The maximum atomic E-state index is 12.8. The molecular formula is C25H38N6OS3. The molecule has 0 spiro atoms. The van der Waals surface area contributed by atoms with E-state index in [1.54, 1.807) is 35.3 Å². The number of H-pyrrole nitrogens is 1. The third kappa shape index (κ3) is 7.88. The van der Waals surface area contributed by atoms with Crippen LogP contribution in [-0.2, 0) is 4.79 Å². The number of aromatic nitrogens is 3. The number of imidazole rings is 1. The second-order valence-corrected chi connectivity index (χ2v) is 10.7. The van der Waals surface area contributed by atoms with Crippen molar-refractivity contribution >= 4 is 57.9 Å². The molecule has 192 valence electrons. The Morgan fingerprint density at radius 3 is 2.46 bits per heavy atom. The molecule has 0 unspecified atom stereocenters. The summed E-state index contributed by atoms with van der Waals surface area (Å²) in [7, 11) is 0. The smallest absolute Gasteiger partial charge is 0.238 e. The van der Waals surface area contributed by atoms with E-state index >= 15 is 0 Å². The number of anilines is 1. The number of rotatable bonds is 9. The lowest BCUT2D eigenvalue weighted by Crippen LogP contribution is -2.49. The predicted octanol–water partition coefficient (Wildman–Crippen LogP) is 5.33. The molecule has 10 heteroatoms. The zero-order valence-electron chi connectivity index (χ0n) is 19.3. The Labute approximate surface area is 222 Å². The van der Waals surface area contributed by atoms with Crippen LogP contribution in [0.3, 0.4) is 0 Å². The van der Waals surface area contributed by atoms with E-state index in [9.17, 15) is 4.79 Å². The summed E-state index contributed by atoms with van der Waals surface area (Å²) in [4.78, 5) is 31.1. The number of aryl methyl sites for hydroxylation is 1. The van der Waals surface area contributed by atoms with Crippen LogP contribution in [0.5, 0.6) is 0 Å². The van der Waals surface area contributed by atoms with Gasteiger partial charge in [0.1, 0.15) is 5.03 Å². The molecule has 2 N–H and O–H groups in total. The van der Waals surface area contributed by atoms with Crippen molar-refractivity contribution in [3.05, 3.63) is 36.0 Å². The molecule has 0 radical (unpaired) electrons. The van der Waals surface area contributed by atoms with Gasteiger partial charge in [-0.2, -0.15) is 0 Å². The summed E-state index contributed by atoms with van der Waals surface area (Å²) in [5.41, 5.74) is 3.91. The van der Waals surface area contributed by atoms with E-state index in [1.165, 1.54) is 0 Å². The Bertz CT molecular complexity index is 1040. The third-order valence-electron chi connectivity index (χ3n) is 5.60. The van der Waals surface area contributed by atoms with E-state index in [4.69, 9.17) is 0 Å². The summed E-state index contributed by atoms with van der Waals surface area (Å²) in [6, 6.07) is 10.2. The Kier molecular flexibility index (Phi) is 11.9. The first-order valence-corrected chi connectivity index (χ1v) is 14.4. The highest BCUT2D eigenvalue weighted by Crippen LogP contribution is 2.33. The molecule has 2 aromatic heterocycles. The summed E-state index contributed by atoms with van der Waals surface area (Å²) < 4.78 is 0. The molecule has 7 nitrogen and oxygen atoms in total. The second kappa shape index (κ2) is 14.1. The number of nitrogens with zero attached hydrogens (tertiary/aromatic N) is 4. The van der Waals surface area contributed by atoms with Crippen LogP contribution in [0.1, 0.15) is 20.5 Å². The van der Waals surface area contributed by atoms with E-state index in [0.717, 1.165) is 76.0 Å². The standard InChI is InChI=1S/C23H30N6OS3.2CH4/c1-16-14-19(31-2)21(22(24-16)32-3)27-20(30)15-29-10-8-28(9-11-29)12-13-33-23-25-17-6-4-5-7-18(17)26-23;;/h4-7,14H,8-13,15H2,1-3H3,(H,25,26)(H,27,30);2*1H4. The number of aromatic amines is 1. The largest absolute Gasteiger partial charge is 0.333 e. The molecule has 0 bridgehead atoms. The molecule has 1 saturated heterocycles. The number of thioether (sulfide) groups is 3. The van der Waals surface area contributed by atoms with Gasteiger partial charge in [0.2, 0.25) is 5.91 Å². The second-order valence-electron chi connectivity index (χ2n) is 7.92. The van der Waals surface area contributed by atoms with Gasteiger partial charge in [-0.3, -0.25) is 14.6 Å². The lowest BCUT2D eigenvalue weighted by atomic mass is 10.3. The minimum absolute atomic E-state index is 0. The molecule has 1 aliphatic heterocycles. The van der Waals surface area contributed by atoms with Gasteiger partial charge in [-0.15, -0.1) is 23.5 Å². The maximum absolute atomic E-state index is 12.8. The zero-order chi connectivity index (χ0) is 23.2. The van der Waals surface area contributed by atoms with Crippen molar-refractivity contribution in [2.24, 2.45) is 0 Å². The van der Waals surface area contributed by atoms with Gasteiger partial charge in [-0.25, -0.2) is 9.97 Å². The zero-order valence-corrected chi connectivity index (χ0v) is 21.7. The van der Waals surface area contributed by atoms with E-state index in [1.807, 2.05) is 43.7 Å². The highest BCUT2D eigenvalue weighted by molar-refractivity contribution is 7.99. The van der Waals surface area contributed by atoms with Crippen molar-refractivity contribution in [2.75, 3.05) is 62.8 Å². The Morgan fingerprint density at radius 2 is 1.77 bits per heavy atom. The summed E-state index contributed by atoms with van der Waals surface area (Å²) in [6.45, 7) is 7.18. The molecule has 1 fully saturated rings. The number of nitrogens with one attached hydrogen (secondary N) is 2. The normalized spacial score (nSPS) is 14.4. The highest BCUT2D eigenvalue weighted by Gasteiger charge is 2.20. The lowest BCUT2D eigenvalue weighted by Gasteiger charge is -2.34. The number of fused-ring (bicyclic) bond motifs is 1. The Balaban J connectivity index is 0.00000216. The van der Waals surface area contributed by atoms with Crippen molar-refractivity contribution in [1.82, 2.24) is 24.8 Å². The van der Waals surface area contributed by atoms with Crippen molar-refractivity contribution < 1.29 is 4.79 Å². The number of hydrogen-bond donors (Lipinski definition) is 2. The molecule has 35 heavy (non-hydrogen) atoms. The van der Waals surface area contributed by atoms with E-state index in [0.29, 0.717) is 6.54 Å². The number of hydrogen-bond acceptors (Lipinski definition) is 8. The van der Waals surface area contributed by atoms with Gasteiger partial charge in [0.05, 0.1) is 23.3 Å². The van der Waals surface area contributed by atoms with E-state index < -0.39 is 0 Å². The highest BCUT2D eigenvalue weighted by atomic mass is 32.2. The average molecular weight is 535 g/mol. The number of piperazine rings is 1. The number of carbonyl (C=O) groups excluding carboxylic acids is 1. The van der Waals surface area contributed by atoms with E-state index in [2.05, 4.69) is 36.1 Å². The van der Waals surface area contributed by atoms with Crippen molar-refractivity contribution in [3.8, 4) is 0 Å². The molecule has 1 aromatic carbocycles. The molecule has 0 atom stereocenters. The number of carbonyl (C=O) groups is 1. The summed E-state index contributed by atoms with van der Waals surface area (Å²) in [6.07, 6.45) is 4.02. The number of para-hydroxylation sites is 2. The van der Waals surface area contributed by atoms with Crippen LogP contribution in [0.2, 0.25) is 0 Å². The van der Waals surface area contributed by atoms with Crippen LogP contribution in [-0.4, -0.2) is 88.2 Å². The number of pyridine rings is 1. The molecule has 0 aliphatic carbocycles. The third-order valence-corrected chi connectivity index (χ3v) is 7.90. The van der Waals surface area contributed by atoms with Gasteiger partial charge >= 0.3 is 0 Å². The first kappa shape index (κ1) is 29.5.